The molecule has 0 spiro atoms. The Balaban J connectivity index is 3.61. The molecule has 3 N–H and O–H groups in total. The molecule has 0 rings (SSSR count). The van der Waals surface area contributed by atoms with Gasteiger partial charge in [0, 0.05) is 0 Å². The predicted molar refractivity (Wildman–Crippen MR) is 52.9 cm³/mol. The smallest absolute Gasteiger partial charge is 0.189 e. The molecule has 4 heteroatoms. The number of rotatable bonds is 8. The first-order valence-corrected chi connectivity index (χ1v) is 5.13. The SMILES string of the molecule is CCCCCCC(O)C(O)C(=O)CO. The Bertz CT molecular complexity index is 158. The highest BCUT2D eigenvalue weighted by molar-refractivity contribution is 5.84. The van der Waals surface area contributed by atoms with E-state index in [9.17, 15) is 15.0 Å². The number of carbonyl (C=O) groups is 1. The van der Waals surface area contributed by atoms with Crippen molar-refractivity contribution in [2.75, 3.05) is 6.61 Å². The molecule has 0 aliphatic rings. The maximum Gasteiger partial charge on any atom is 0.189 e. The third-order valence-corrected chi connectivity index (χ3v) is 2.20. The number of aliphatic hydroxyl groups is 3. The second-order valence-corrected chi connectivity index (χ2v) is 3.49. The highest BCUT2D eigenvalue weighted by atomic mass is 16.3. The van der Waals surface area contributed by atoms with Gasteiger partial charge < -0.3 is 15.3 Å². The van der Waals surface area contributed by atoms with Gasteiger partial charge in [-0.25, -0.2) is 0 Å². The van der Waals surface area contributed by atoms with E-state index >= 15 is 0 Å². The quantitative estimate of drug-likeness (QED) is 0.495. The summed E-state index contributed by atoms with van der Waals surface area (Å²) in [6.45, 7) is 1.37. The first-order valence-electron chi connectivity index (χ1n) is 5.13. The molecule has 0 fully saturated rings. The Labute approximate surface area is 84.6 Å². The Morgan fingerprint density at radius 2 is 1.86 bits per heavy atom. The van der Waals surface area contributed by atoms with Gasteiger partial charge >= 0.3 is 0 Å². The molecule has 2 atom stereocenters. The van der Waals surface area contributed by atoms with E-state index in [0.29, 0.717) is 6.42 Å². The number of hydrogen-bond donors (Lipinski definition) is 3. The molecule has 0 heterocycles. The van der Waals surface area contributed by atoms with E-state index in [1.807, 2.05) is 0 Å². The van der Waals surface area contributed by atoms with Crippen LogP contribution in [0.3, 0.4) is 0 Å². The molecule has 0 aromatic rings. The van der Waals surface area contributed by atoms with Crippen LogP contribution in [0.4, 0.5) is 0 Å². The van der Waals surface area contributed by atoms with Crippen molar-refractivity contribution in [1.29, 1.82) is 0 Å². The molecule has 0 aromatic carbocycles. The standard InChI is InChI=1S/C10H20O4/c1-2-3-4-5-6-8(12)10(14)9(13)7-11/h8,10-12,14H,2-7H2,1H3. The number of aliphatic hydroxyl groups excluding tert-OH is 3. The maximum atomic E-state index is 10.8. The first-order chi connectivity index (χ1) is 6.63. The molecular weight excluding hydrogens is 184 g/mol. The molecule has 0 saturated heterocycles. The topological polar surface area (TPSA) is 77.8 Å². The van der Waals surface area contributed by atoms with Crippen LogP contribution in [0, 0.1) is 0 Å². The van der Waals surface area contributed by atoms with E-state index < -0.39 is 24.6 Å². The molecule has 84 valence electrons. The third-order valence-electron chi connectivity index (χ3n) is 2.20. The van der Waals surface area contributed by atoms with Crippen LogP contribution in [0.15, 0.2) is 0 Å². The van der Waals surface area contributed by atoms with Gasteiger partial charge in [-0.2, -0.15) is 0 Å². The summed E-state index contributed by atoms with van der Waals surface area (Å²) in [5, 5.41) is 27.0. The van der Waals surface area contributed by atoms with Crippen LogP contribution in [-0.4, -0.2) is 39.9 Å². The molecule has 0 aromatic heterocycles. The van der Waals surface area contributed by atoms with Crippen molar-refractivity contribution in [3.05, 3.63) is 0 Å². The van der Waals surface area contributed by atoms with E-state index in [2.05, 4.69) is 6.92 Å². The summed E-state index contributed by atoms with van der Waals surface area (Å²) in [5.74, 6) is -0.715. The van der Waals surface area contributed by atoms with Crippen molar-refractivity contribution < 1.29 is 20.1 Å². The Kier molecular flexibility index (Phi) is 7.65. The second-order valence-electron chi connectivity index (χ2n) is 3.49. The zero-order chi connectivity index (χ0) is 11.0. The van der Waals surface area contributed by atoms with Gasteiger partial charge in [-0.3, -0.25) is 4.79 Å². The maximum absolute atomic E-state index is 10.8. The number of carbonyl (C=O) groups excluding carboxylic acids is 1. The Hall–Kier alpha value is -0.450. The van der Waals surface area contributed by atoms with Gasteiger partial charge in [0.05, 0.1) is 6.10 Å². The minimum atomic E-state index is -1.43. The second kappa shape index (κ2) is 7.91. The summed E-state index contributed by atoms with van der Waals surface area (Å²) in [4.78, 5) is 10.8. The van der Waals surface area contributed by atoms with Crippen LogP contribution in [0.5, 0.6) is 0 Å². The summed E-state index contributed by atoms with van der Waals surface area (Å²) >= 11 is 0. The minimum absolute atomic E-state index is 0.410. The summed E-state index contributed by atoms with van der Waals surface area (Å²) in [6.07, 6.45) is 1.93. The van der Waals surface area contributed by atoms with Crippen LogP contribution in [-0.2, 0) is 4.79 Å². The van der Waals surface area contributed by atoms with Gasteiger partial charge in [0.2, 0.25) is 0 Å². The lowest BCUT2D eigenvalue weighted by Crippen LogP contribution is -2.35. The van der Waals surface area contributed by atoms with Gasteiger partial charge in [-0.15, -0.1) is 0 Å². The summed E-state index contributed by atoms with van der Waals surface area (Å²) in [6, 6.07) is 0. The molecular formula is C10H20O4. The fraction of sp³-hybridized carbons (Fsp3) is 0.900. The zero-order valence-electron chi connectivity index (χ0n) is 8.65. The Morgan fingerprint density at radius 3 is 2.36 bits per heavy atom. The van der Waals surface area contributed by atoms with E-state index in [1.165, 1.54) is 0 Å². The molecule has 0 saturated carbocycles. The largest absolute Gasteiger partial charge is 0.390 e. The molecule has 0 amide bonds. The predicted octanol–water partition coefficient (Wildman–Crippen LogP) is 0.240. The van der Waals surface area contributed by atoms with Crippen LogP contribution in [0.2, 0.25) is 0 Å². The fourth-order valence-corrected chi connectivity index (χ4v) is 1.25. The van der Waals surface area contributed by atoms with Crippen molar-refractivity contribution >= 4 is 5.78 Å². The molecule has 0 aliphatic heterocycles. The van der Waals surface area contributed by atoms with E-state index in [4.69, 9.17) is 5.11 Å². The van der Waals surface area contributed by atoms with Gasteiger partial charge in [-0.05, 0) is 6.42 Å². The highest BCUT2D eigenvalue weighted by Crippen LogP contribution is 2.08. The molecule has 14 heavy (non-hydrogen) atoms. The average molecular weight is 204 g/mol. The van der Waals surface area contributed by atoms with Gasteiger partial charge in [0.1, 0.15) is 12.7 Å². The lowest BCUT2D eigenvalue weighted by atomic mass is 10.0. The molecule has 0 radical (unpaired) electrons. The lowest BCUT2D eigenvalue weighted by Gasteiger charge is -2.15. The average Bonchev–Trinajstić information content (AvgIpc) is 2.21. The number of ketones is 1. The molecule has 0 bridgehead atoms. The van der Waals surface area contributed by atoms with E-state index in [1.54, 1.807) is 0 Å². The number of Topliss-reactive ketones (excluding diaryl/α,β-unsaturated/α-hetero) is 1. The van der Waals surface area contributed by atoms with E-state index in [0.717, 1.165) is 25.7 Å². The van der Waals surface area contributed by atoms with Crippen molar-refractivity contribution in [3.8, 4) is 0 Å². The zero-order valence-corrected chi connectivity index (χ0v) is 8.65. The summed E-state index contributed by atoms with van der Waals surface area (Å²) in [7, 11) is 0. The fourth-order valence-electron chi connectivity index (χ4n) is 1.25. The lowest BCUT2D eigenvalue weighted by molar-refractivity contribution is -0.135. The van der Waals surface area contributed by atoms with Gasteiger partial charge in [0.15, 0.2) is 5.78 Å². The summed E-state index contributed by atoms with van der Waals surface area (Å²) in [5.41, 5.74) is 0. The molecule has 0 aliphatic carbocycles. The minimum Gasteiger partial charge on any atom is -0.390 e. The van der Waals surface area contributed by atoms with Gasteiger partial charge in [-0.1, -0.05) is 32.6 Å². The monoisotopic (exact) mass is 204 g/mol. The van der Waals surface area contributed by atoms with Crippen LogP contribution in [0.1, 0.15) is 39.0 Å². The van der Waals surface area contributed by atoms with Gasteiger partial charge in [0.25, 0.3) is 0 Å². The van der Waals surface area contributed by atoms with Crippen molar-refractivity contribution in [2.45, 2.75) is 51.2 Å². The first kappa shape index (κ1) is 13.5. The summed E-state index contributed by atoms with van der Waals surface area (Å²) < 4.78 is 0. The highest BCUT2D eigenvalue weighted by Gasteiger charge is 2.22. The van der Waals surface area contributed by atoms with Crippen molar-refractivity contribution in [3.63, 3.8) is 0 Å². The number of hydrogen-bond acceptors (Lipinski definition) is 4. The van der Waals surface area contributed by atoms with Crippen molar-refractivity contribution in [1.82, 2.24) is 0 Å². The molecule has 4 nitrogen and oxygen atoms in total. The third kappa shape index (κ3) is 5.32. The number of unbranched alkanes of at least 4 members (excludes halogenated alkanes) is 3. The molecule has 2 unspecified atom stereocenters. The Morgan fingerprint density at radius 1 is 1.21 bits per heavy atom. The van der Waals surface area contributed by atoms with Crippen LogP contribution >= 0.6 is 0 Å². The van der Waals surface area contributed by atoms with Crippen LogP contribution < -0.4 is 0 Å². The van der Waals surface area contributed by atoms with Crippen LogP contribution in [0.25, 0.3) is 0 Å². The van der Waals surface area contributed by atoms with E-state index in [-0.39, 0.29) is 0 Å². The van der Waals surface area contributed by atoms with Crippen molar-refractivity contribution in [2.24, 2.45) is 0 Å². The normalized spacial score (nSPS) is 15.1.